The first kappa shape index (κ1) is 19.3. The molecular formula is C23H28N4O3. The molecule has 1 saturated carbocycles. The van der Waals surface area contributed by atoms with Crippen LogP contribution < -0.4 is 9.47 Å². The first-order valence-electron chi connectivity index (χ1n) is 10.5. The fraction of sp³-hybridized carbons (Fsp3) is 0.478. The molecule has 1 N–H and O–H groups in total. The zero-order valence-electron chi connectivity index (χ0n) is 17.7. The third kappa shape index (κ3) is 2.96. The van der Waals surface area contributed by atoms with Crippen LogP contribution in [0.2, 0.25) is 0 Å². The van der Waals surface area contributed by atoms with Gasteiger partial charge < -0.3 is 19.1 Å². The SMILES string of the molecule is COc1ncc([C@]2(O)CC[C@H]3CN(Cc4cn(C)c5ccccc45)C[C@H]32)c(OC)n1. The van der Waals surface area contributed by atoms with Gasteiger partial charge in [-0.1, -0.05) is 18.2 Å². The largest absolute Gasteiger partial charge is 0.481 e. The summed E-state index contributed by atoms with van der Waals surface area (Å²) in [5.74, 6) is 0.993. The predicted octanol–water partition coefficient (Wildman–Crippen LogP) is 2.72. The molecule has 0 bridgehead atoms. The van der Waals surface area contributed by atoms with Crippen molar-refractivity contribution in [3.8, 4) is 11.9 Å². The van der Waals surface area contributed by atoms with E-state index in [0.29, 0.717) is 23.8 Å². The fourth-order valence-electron chi connectivity index (χ4n) is 5.54. The Morgan fingerprint density at radius 1 is 1.20 bits per heavy atom. The quantitative estimate of drug-likeness (QED) is 0.700. The number of rotatable bonds is 5. The number of hydrogen-bond acceptors (Lipinski definition) is 6. The van der Waals surface area contributed by atoms with E-state index >= 15 is 0 Å². The second-order valence-electron chi connectivity index (χ2n) is 8.59. The van der Waals surface area contributed by atoms with E-state index in [2.05, 4.69) is 56.9 Å². The van der Waals surface area contributed by atoms with Gasteiger partial charge in [-0.05, 0) is 30.4 Å². The first-order valence-corrected chi connectivity index (χ1v) is 10.5. The Morgan fingerprint density at radius 3 is 2.83 bits per heavy atom. The van der Waals surface area contributed by atoms with Crippen LogP contribution in [-0.4, -0.2) is 51.9 Å². The number of likely N-dealkylation sites (tertiary alicyclic amines) is 1. The summed E-state index contributed by atoms with van der Waals surface area (Å²) in [6.45, 7) is 2.73. The van der Waals surface area contributed by atoms with Gasteiger partial charge in [0.05, 0.1) is 19.8 Å². The van der Waals surface area contributed by atoms with Gasteiger partial charge in [-0.2, -0.15) is 4.98 Å². The van der Waals surface area contributed by atoms with Crippen LogP contribution in [0.3, 0.4) is 0 Å². The molecule has 5 rings (SSSR count). The zero-order valence-corrected chi connectivity index (χ0v) is 17.7. The standard InChI is InChI=1S/C23H28N4O3/c1-26-11-16(17-6-4-5-7-20(17)26)13-27-12-15-8-9-23(28,19(15)14-27)18-10-24-22(30-3)25-21(18)29-2/h4-7,10-11,15,19,28H,8-9,12-14H2,1-3H3/t15-,19+,23+/m0/s1. The van der Waals surface area contributed by atoms with Crippen molar-refractivity contribution in [1.82, 2.24) is 19.4 Å². The van der Waals surface area contributed by atoms with Gasteiger partial charge in [-0.3, -0.25) is 4.90 Å². The van der Waals surface area contributed by atoms with Crippen LogP contribution in [0.25, 0.3) is 10.9 Å². The molecule has 1 aromatic carbocycles. The first-order chi connectivity index (χ1) is 14.5. The van der Waals surface area contributed by atoms with Crippen molar-refractivity contribution >= 4 is 10.9 Å². The Hall–Kier alpha value is -2.64. The summed E-state index contributed by atoms with van der Waals surface area (Å²) in [6, 6.07) is 8.78. The monoisotopic (exact) mass is 408 g/mol. The van der Waals surface area contributed by atoms with E-state index in [0.717, 1.165) is 26.1 Å². The summed E-state index contributed by atoms with van der Waals surface area (Å²) in [4.78, 5) is 11.0. The number of nitrogens with zero attached hydrogens (tertiary/aromatic N) is 4. The Kier molecular flexibility index (Phi) is 4.67. The van der Waals surface area contributed by atoms with Gasteiger partial charge in [0, 0.05) is 55.9 Å². The van der Waals surface area contributed by atoms with Crippen LogP contribution >= 0.6 is 0 Å². The van der Waals surface area contributed by atoms with E-state index in [1.54, 1.807) is 13.3 Å². The predicted molar refractivity (Wildman–Crippen MR) is 113 cm³/mol. The highest BCUT2D eigenvalue weighted by Gasteiger charge is 2.53. The van der Waals surface area contributed by atoms with E-state index in [1.807, 2.05) is 0 Å². The Labute approximate surface area is 176 Å². The molecule has 3 atom stereocenters. The Balaban J connectivity index is 1.40. The molecule has 7 nitrogen and oxygen atoms in total. The lowest BCUT2D eigenvalue weighted by Gasteiger charge is -2.31. The van der Waals surface area contributed by atoms with Crippen LogP contribution in [0.5, 0.6) is 11.9 Å². The van der Waals surface area contributed by atoms with E-state index in [9.17, 15) is 5.11 Å². The van der Waals surface area contributed by atoms with Crippen molar-refractivity contribution in [2.45, 2.75) is 25.0 Å². The smallest absolute Gasteiger partial charge is 0.319 e. The number of benzene rings is 1. The van der Waals surface area contributed by atoms with Crippen molar-refractivity contribution in [3.05, 3.63) is 47.8 Å². The van der Waals surface area contributed by atoms with Gasteiger partial charge in [0.2, 0.25) is 5.88 Å². The highest BCUT2D eigenvalue weighted by atomic mass is 16.5. The van der Waals surface area contributed by atoms with E-state index < -0.39 is 5.60 Å². The van der Waals surface area contributed by atoms with Gasteiger partial charge in [-0.15, -0.1) is 0 Å². The molecule has 30 heavy (non-hydrogen) atoms. The average Bonchev–Trinajstić information content (AvgIpc) is 3.42. The lowest BCUT2D eigenvalue weighted by molar-refractivity contribution is -0.00970. The topological polar surface area (TPSA) is 72.6 Å². The summed E-state index contributed by atoms with van der Waals surface area (Å²) in [5, 5.41) is 13.0. The van der Waals surface area contributed by atoms with Gasteiger partial charge in [0.25, 0.3) is 0 Å². The number of fused-ring (bicyclic) bond motifs is 2. The van der Waals surface area contributed by atoms with Crippen molar-refractivity contribution in [1.29, 1.82) is 0 Å². The highest BCUT2D eigenvalue weighted by molar-refractivity contribution is 5.83. The molecule has 0 unspecified atom stereocenters. The molecule has 2 aromatic heterocycles. The third-order valence-electron chi connectivity index (χ3n) is 6.97. The molecule has 2 aliphatic rings. The van der Waals surface area contributed by atoms with Crippen LogP contribution in [0.1, 0.15) is 24.0 Å². The van der Waals surface area contributed by atoms with Crippen LogP contribution in [0.15, 0.2) is 36.7 Å². The maximum absolute atomic E-state index is 11.7. The minimum absolute atomic E-state index is 0.137. The molecule has 1 saturated heterocycles. The van der Waals surface area contributed by atoms with Crippen molar-refractivity contribution < 1.29 is 14.6 Å². The van der Waals surface area contributed by atoms with E-state index in [1.165, 1.54) is 23.6 Å². The summed E-state index contributed by atoms with van der Waals surface area (Å²) in [5.41, 5.74) is 2.28. The second-order valence-corrected chi connectivity index (χ2v) is 8.59. The Bertz CT molecular complexity index is 1080. The third-order valence-corrected chi connectivity index (χ3v) is 6.97. The van der Waals surface area contributed by atoms with Crippen molar-refractivity contribution in [3.63, 3.8) is 0 Å². The molecule has 3 heterocycles. The van der Waals surface area contributed by atoms with E-state index in [4.69, 9.17) is 9.47 Å². The minimum atomic E-state index is -0.976. The molecule has 7 heteroatoms. The summed E-state index contributed by atoms with van der Waals surface area (Å²) in [6.07, 6.45) is 5.59. The van der Waals surface area contributed by atoms with Gasteiger partial charge in [-0.25, -0.2) is 4.98 Å². The number of aliphatic hydroxyl groups is 1. The van der Waals surface area contributed by atoms with Gasteiger partial charge >= 0.3 is 6.01 Å². The van der Waals surface area contributed by atoms with Crippen molar-refractivity contribution in [2.24, 2.45) is 18.9 Å². The minimum Gasteiger partial charge on any atom is -0.481 e. The van der Waals surface area contributed by atoms with E-state index in [-0.39, 0.29) is 11.9 Å². The fourth-order valence-corrected chi connectivity index (χ4v) is 5.54. The van der Waals surface area contributed by atoms with Gasteiger partial charge in [0.1, 0.15) is 5.60 Å². The number of hydrogen-bond donors (Lipinski definition) is 1. The lowest BCUT2D eigenvalue weighted by Crippen LogP contribution is -2.35. The molecule has 2 fully saturated rings. The maximum Gasteiger partial charge on any atom is 0.319 e. The van der Waals surface area contributed by atoms with Crippen LogP contribution in [0.4, 0.5) is 0 Å². The Morgan fingerprint density at radius 2 is 2.03 bits per heavy atom. The number of ether oxygens (including phenoxy) is 2. The molecule has 1 aliphatic heterocycles. The molecule has 0 radical (unpaired) electrons. The maximum atomic E-state index is 11.7. The molecule has 0 spiro atoms. The number of aryl methyl sites for hydroxylation is 1. The molecule has 158 valence electrons. The second kappa shape index (κ2) is 7.25. The van der Waals surface area contributed by atoms with Crippen LogP contribution in [0, 0.1) is 11.8 Å². The molecule has 3 aromatic rings. The highest BCUT2D eigenvalue weighted by Crippen LogP contribution is 2.52. The number of aromatic nitrogens is 3. The molecular weight excluding hydrogens is 380 g/mol. The summed E-state index contributed by atoms with van der Waals surface area (Å²) in [7, 11) is 5.19. The molecule has 1 aliphatic carbocycles. The van der Waals surface area contributed by atoms with Crippen molar-refractivity contribution in [2.75, 3.05) is 27.3 Å². The summed E-state index contributed by atoms with van der Waals surface area (Å²) < 4.78 is 12.8. The van der Waals surface area contributed by atoms with Gasteiger partial charge in [0.15, 0.2) is 0 Å². The summed E-state index contributed by atoms with van der Waals surface area (Å²) >= 11 is 0. The average molecular weight is 409 g/mol. The molecule has 0 amide bonds. The zero-order chi connectivity index (χ0) is 20.9. The lowest BCUT2D eigenvalue weighted by atomic mass is 9.83. The van der Waals surface area contributed by atoms with Crippen LogP contribution in [-0.2, 0) is 19.2 Å². The number of methoxy groups -OCH3 is 2. The number of para-hydroxylation sites is 1. The normalized spacial score (nSPS) is 26.3.